The number of anilines is 1. The van der Waals surface area contributed by atoms with Crippen molar-refractivity contribution in [2.24, 2.45) is 5.41 Å². The average molecular weight is 287 g/mol. The monoisotopic (exact) mass is 287 g/mol. The minimum atomic E-state index is -0.227. The number of pyridine rings is 1. The summed E-state index contributed by atoms with van der Waals surface area (Å²) >= 11 is 0. The van der Waals surface area contributed by atoms with Gasteiger partial charge in [-0.25, -0.2) is 4.98 Å². The maximum Gasteiger partial charge on any atom is 0.140 e. The lowest BCUT2D eigenvalue weighted by atomic mass is 9.58. The highest BCUT2D eigenvalue weighted by Crippen LogP contribution is 2.51. The van der Waals surface area contributed by atoms with Crippen LogP contribution in [-0.2, 0) is 4.74 Å². The number of nitrogens with zero attached hydrogens (tertiary/aromatic N) is 3. The second kappa shape index (κ2) is 5.63. The van der Waals surface area contributed by atoms with E-state index in [0.29, 0.717) is 12.3 Å². The molecule has 1 saturated heterocycles. The van der Waals surface area contributed by atoms with Crippen LogP contribution < -0.4 is 4.90 Å². The molecule has 21 heavy (non-hydrogen) atoms. The van der Waals surface area contributed by atoms with Gasteiger partial charge in [-0.15, -0.1) is 0 Å². The van der Waals surface area contributed by atoms with Gasteiger partial charge in [-0.1, -0.05) is 0 Å². The number of aliphatic hydroxyl groups is 1. The zero-order valence-electron chi connectivity index (χ0n) is 12.3. The van der Waals surface area contributed by atoms with E-state index < -0.39 is 0 Å². The fourth-order valence-electron chi connectivity index (χ4n) is 3.64. The number of rotatable bonds is 3. The second-order valence-corrected chi connectivity index (χ2v) is 5.93. The van der Waals surface area contributed by atoms with Crippen LogP contribution in [0.1, 0.15) is 31.9 Å². The van der Waals surface area contributed by atoms with Crippen molar-refractivity contribution < 1.29 is 9.84 Å². The fourth-order valence-corrected chi connectivity index (χ4v) is 3.64. The van der Waals surface area contributed by atoms with Crippen molar-refractivity contribution in [2.45, 2.75) is 38.4 Å². The van der Waals surface area contributed by atoms with Gasteiger partial charge in [-0.3, -0.25) is 0 Å². The zero-order chi connectivity index (χ0) is 14.9. The summed E-state index contributed by atoms with van der Waals surface area (Å²) < 4.78 is 5.79. The van der Waals surface area contributed by atoms with E-state index in [2.05, 4.69) is 9.88 Å². The van der Waals surface area contributed by atoms with Crippen LogP contribution >= 0.6 is 0 Å². The Morgan fingerprint density at radius 3 is 2.76 bits per heavy atom. The summed E-state index contributed by atoms with van der Waals surface area (Å²) in [5.74, 6) is 0. The minimum Gasteiger partial charge on any atom is -0.392 e. The lowest BCUT2D eigenvalue weighted by Crippen LogP contribution is -2.62. The van der Waals surface area contributed by atoms with Gasteiger partial charge in [-0.05, 0) is 31.9 Å². The van der Waals surface area contributed by atoms with Crippen LogP contribution in [-0.4, -0.2) is 42.0 Å². The van der Waals surface area contributed by atoms with Crippen LogP contribution in [0.4, 0.5) is 5.69 Å². The Balaban J connectivity index is 1.65. The van der Waals surface area contributed by atoms with E-state index in [1.165, 1.54) is 0 Å². The van der Waals surface area contributed by atoms with Crippen LogP contribution in [0.5, 0.6) is 0 Å². The molecule has 3 rings (SSSR count). The molecule has 0 aromatic carbocycles. The summed E-state index contributed by atoms with van der Waals surface area (Å²) in [5.41, 5.74) is 1.44. The van der Waals surface area contributed by atoms with Crippen LogP contribution in [0, 0.1) is 16.7 Å². The highest BCUT2D eigenvalue weighted by molar-refractivity contribution is 5.46. The molecule has 5 heteroatoms. The summed E-state index contributed by atoms with van der Waals surface area (Å²) in [6, 6.07) is 5.73. The molecular weight excluding hydrogens is 266 g/mol. The van der Waals surface area contributed by atoms with E-state index in [-0.39, 0.29) is 17.6 Å². The molecule has 0 radical (unpaired) electrons. The Kier molecular flexibility index (Phi) is 3.83. The topological polar surface area (TPSA) is 69.4 Å². The van der Waals surface area contributed by atoms with E-state index in [4.69, 9.17) is 10.00 Å². The third-order valence-electron chi connectivity index (χ3n) is 5.03. The highest BCUT2D eigenvalue weighted by atomic mass is 16.5. The standard InChI is InChI=1S/C16H21N3O2/c1-2-21-15-9-14(20)16(15)5-7-19(8-6-16)13-4-3-12(10-17)18-11-13/h3-4,11,14-15,20H,2,5-9H2,1H3. The lowest BCUT2D eigenvalue weighted by molar-refractivity contribution is -0.199. The first-order valence-electron chi connectivity index (χ1n) is 7.60. The molecule has 2 aliphatic rings. The molecule has 0 bridgehead atoms. The predicted octanol–water partition coefficient (Wildman–Crippen LogP) is 1.71. The van der Waals surface area contributed by atoms with Gasteiger partial charge in [0.15, 0.2) is 0 Å². The van der Waals surface area contributed by atoms with Gasteiger partial charge in [0, 0.05) is 31.5 Å². The largest absolute Gasteiger partial charge is 0.392 e. The van der Waals surface area contributed by atoms with E-state index in [1.807, 2.05) is 19.1 Å². The number of ether oxygens (including phenoxy) is 1. The number of nitriles is 1. The van der Waals surface area contributed by atoms with Crippen molar-refractivity contribution in [3.8, 4) is 6.07 Å². The summed E-state index contributed by atoms with van der Waals surface area (Å²) in [6.45, 7) is 4.51. The molecule has 1 saturated carbocycles. The molecule has 1 aromatic heterocycles. The predicted molar refractivity (Wildman–Crippen MR) is 78.9 cm³/mol. The maximum atomic E-state index is 10.2. The SMILES string of the molecule is CCOC1CC(O)C12CCN(c1ccc(C#N)nc1)CC2. The first-order chi connectivity index (χ1) is 10.2. The highest BCUT2D eigenvalue weighted by Gasteiger charge is 2.56. The van der Waals surface area contributed by atoms with Gasteiger partial charge < -0.3 is 14.7 Å². The van der Waals surface area contributed by atoms with Gasteiger partial charge in [0.1, 0.15) is 11.8 Å². The van der Waals surface area contributed by atoms with Gasteiger partial charge in [0.25, 0.3) is 0 Å². The van der Waals surface area contributed by atoms with Crippen molar-refractivity contribution in [3.63, 3.8) is 0 Å². The van der Waals surface area contributed by atoms with E-state index in [9.17, 15) is 5.11 Å². The van der Waals surface area contributed by atoms with Crippen molar-refractivity contribution >= 4 is 5.69 Å². The molecule has 1 spiro atoms. The first kappa shape index (κ1) is 14.3. The lowest BCUT2D eigenvalue weighted by Gasteiger charge is -2.56. The minimum absolute atomic E-state index is 0.0491. The normalized spacial score (nSPS) is 27.2. The van der Waals surface area contributed by atoms with Gasteiger partial charge in [-0.2, -0.15) is 5.26 Å². The Morgan fingerprint density at radius 1 is 1.48 bits per heavy atom. The Bertz CT molecular complexity index is 527. The molecule has 1 aromatic rings. The van der Waals surface area contributed by atoms with E-state index in [1.54, 1.807) is 12.3 Å². The van der Waals surface area contributed by atoms with Crippen molar-refractivity contribution in [3.05, 3.63) is 24.0 Å². The van der Waals surface area contributed by atoms with Crippen LogP contribution in [0.3, 0.4) is 0 Å². The molecule has 2 heterocycles. The Labute approximate surface area is 125 Å². The van der Waals surface area contributed by atoms with Crippen molar-refractivity contribution in [1.82, 2.24) is 4.98 Å². The van der Waals surface area contributed by atoms with Gasteiger partial charge in [0.2, 0.25) is 0 Å². The number of hydrogen-bond acceptors (Lipinski definition) is 5. The van der Waals surface area contributed by atoms with Crippen molar-refractivity contribution in [2.75, 3.05) is 24.6 Å². The van der Waals surface area contributed by atoms with Gasteiger partial charge >= 0.3 is 0 Å². The quantitative estimate of drug-likeness (QED) is 0.916. The van der Waals surface area contributed by atoms with Crippen LogP contribution in [0.2, 0.25) is 0 Å². The number of aromatic nitrogens is 1. The van der Waals surface area contributed by atoms with E-state index >= 15 is 0 Å². The fraction of sp³-hybridized carbons (Fsp3) is 0.625. The van der Waals surface area contributed by atoms with E-state index in [0.717, 1.165) is 38.0 Å². The van der Waals surface area contributed by atoms with Gasteiger partial charge in [0.05, 0.1) is 24.1 Å². The molecule has 2 fully saturated rings. The number of piperidine rings is 1. The molecule has 1 aliphatic heterocycles. The van der Waals surface area contributed by atoms with Crippen LogP contribution in [0.25, 0.3) is 0 Å². The zero-order valence-corrected chi connectivity index (χ0v) is 12.3. The second-order valence-electron chi connectivity index (χ2n) is 5.93. The molecule has 5 nitrogen and oxygen atoms in total. The maximum absolute atomic E-state index is 10.2. The molecule has 0 amide bonds. The molecule has 112 valence electrons. The first-order valence-corrected chi connectivity index (χ1v) is 7.60. The Morgan fingerprint density at radius 2 is 2.24 bits per heavy atom. The molecule has 1 N–H and O–H groups in total. The summed E-state index contributed by atoms with van der Waals surface area (Å²) in [7, 11) is 0. The molecular formula is C16H21N3O2. The molecule has 2 unspecified atom stereocenters. The Hall–Kier alpha value is -1.64. The summed E-state index contributed by atoms with van der Waals surface area (Å²) in [4.78, 5) is 6.40. The third kappa shape index (κ3) is 2.39. The number of aliphatic hydroxyl groups excluding tert-OH is 1. The van der Waals surface area contributed by atoms with Crippen LogP contribution in [0.15, 0.2) is 18.3 Å². The third-order valence-corrected chi connectivity index (χ3v) is 5.03. The smallest absolute Gasteiger partial charge is 0.140 e. The summed E-state index contributed by atoms with van der Waals surface area (Å²) in [5, 5.41) is 19.0. The number of hydrogen-bond donors (Lipinski definition) is 1. The molecule has 1 aliphatic carbocycles. The van der Waals surface area contributed by atoms with Crippen molar-refractivity contribution in [1.29, 1.82) is 5.26 Å². The molecule has 2 atom stereocenters. The summed E-state index contributed by atoms with van der Waals surface area (Å²) in [6.07, 6.45) is 4.39. The average Bonchev–Trinajstić information content (AvgIpc) is 2.55.